The molecular weight excluding hydrogens is 338 g/mol. The summed E-state index contributed by atoms with van der Waals surface area (Å²) in [6.07, 6.45) is 1.25. The van der Waals surface area contributed by atoms with Crippen molar-refractivity contribution in [2.75, 3.05) is 57.3 Å². The standard InChI is InChI=1S/C22H29N3O2/c1-2-7-19(8-3-1)25-15-13-24(14-16-25)12-6-11-23-17-20-18-26-21-9-4-5-10-22(21)27-20/h1-5,7-10,20,23H,6,11-18H2. The molecular formula is C22H29N3O2. The van der Waals surface area contributed by atoms with Crippen molar-refractivity contribution in [3.63, 3.8) is 0 Å². The summed E-state index contributed by atoms with van der Waals surface area (Å²) in [5.41, 5.74) is 1.34. The average Bonchev–Trinajstić information content (AvgIpc) is 2.74. The maximum atomic E-state index is 5.98. The molecule has 0 saturated carbocycles. The maximum absolute atomic E-state index is 5.98. The van der Waals surface area contributed by atoms with Gasteiger partial charge in [-0.3, -0.25) is 4.90 Å². The van der Waals surface area contributed by atoms with Gasteiger partial charge in [-0.05, 0) is 43.8 Å². The van der Waals surface area contributed by atoms with Crippen molar-refractivity contribution in [2.24, 2.45) is 0 Å². The van der Waals surface area contributed by atoms with E-state index in [0.717, 1.165) is 63.7 Å². The van der Waals surface area contributed by atoms with Gasteiger partial charge in [-0.1, -0.05) is 30.3 Å². The van der Waals surface area contributed by atoms with Crippen molar-refractivity contribution in [2.45, 2.75) is 12.5 Å². The Morgan fingerprint density at radius 3 is 2.44 bits per heavy atom. The van der Waals surface area contributed by atoms with E-state index >= 15 is 0 Å². The van der Waals surface area contributed by atoms with Crippen LogP contribution in [0, 0.1) is 0 Å². The van der Waals surface area contributed by atoms with Crippen LogP contribution in [0.2, 0.25) is 0 Å². The molecule has 2 heterocycles. The van der Waals surface area contributed by atoms with Crippen LogP contribution in [0.4, 0.5) is 5.69 Å². The van der Waals surface area contributed by atoms with Gasteiger partial charge >= 0.3 is 0 Å². The number of nitrogens with zero attached hydrogens (tertiary/aromatic N) is 2. The number of para-hydroxylation sites is 3. The highest BCUT2D eigenvalue weighted by molar-refractivity contribution is 5.46. The molecule has 1 unspecified atom stereocenters. The summed E-state index contributed by atoms with van der Waals surface area (Å²) < 4.78 is 11.7. The second-order valence-electron chi connectivity index (χ2n) is 7.22. The van der Waals surface area contributed by atoms with Crippen molar-refractivity contribution in [1.82, 2.24) is 10.2 Å². The lowest BCUT2D eigenvalue weighted by Crippen LogP contribution is -2.47. The zero-order chi connectivity index (χ0) is 18.3. The van der Waals surface area contributed by atoms with Gasteiger partial charge in [-0.15, -0.1) is 0 Å². The summed E-state index contributed by atoms with van der Waals surface area (Å²) >= 11 is 0. The van der Waals surface area contributed by atoms with E-state index in [2.05, 4.69) is 45.4 Å². The lowest BCUT2D eigenvalue weighted by atomic mass is 10.2. The molecule has 0 amide bonds. The lowest BCUT2D eigenvalue weighted by Gasteiger charge is -2.36. The molecule has 1 saturated heterocycles. The second-order valence-corrected chi connectivity index (χ2v) is 7.22. The largest absolute Gasteiger partial charge is 0.486 e. The molecule has 0 bridgehead atoms. The third-order valence-corrected chi connectivity index (χ3v) is 5.26. The average molecular weight is 367 g/mol. The minimum absolute atomic E-state index is 0.0920. The molecule has 2 aromatic carbocycles. The SMILES string of the molecule is c1ccc(N2CCN(CCCNCC3COc4ccccc4O3)CC2)cc1. The Morgan fingerprint density at radius 1 is 0.889 bits per heavy atom. The van der Waals surface area contributed by atoms with Crippen LogP contribution in [0.15, 0.2) is 54.6 Å². The van der Waals surface area contributed by atoms with Crippen LogP contribution in [-0.2, 0) is 0 Å². The van der Waals surface area contributed by atoms with E-state index in [4.69, 9.17) is 9.47 Å². The van der Waals surface area contributed by atoms with Crippen LogP contribution in [0.25, 0.3) is 0 Å². The van der Waals surface area contributed by atoms with Crippen molar-refractivity contribution in [3.05, 3.63) is 54.6 Å². The summed E-state index contributed by atoms with van der Waals surface area (Å²) in [6.45, 7) is 8.13. The number of ether oxygens (including phenoxy) is 2. The Morgan fingerprint density at radius 2 is 1.63 bits per heavy atom. The molecule has 4 rings (SSSR count). The molecule has 2 aliphatic heterocycles. The fraction of sp³-hybridized carbons (Fsp3) is 0.455. The van der Waals surface area contributed by atoms with E-state index in [-0.39, 0.29) is 6.10 Å². The molecule has 0 spiro atoms. The van der Waals surface area contributed by atoms with Gasteiger partial charge in [0.25, 0.3) is 0 Å². The summed E-state index contributed by atoms with van der Waals surface area (Å²) in [7, 11) is 0. The van der Waals surface area contributed by atoms with Gasteiger partial charge in [0.15, 0.2) is 11.5 Å². The number of benzene rings is 2. The number of piperazine rings is 1. The fourth-order valence-corrected chi connectivity index (χ4v) is 3.72. The summed E-state index contributed by atoms with van der Waals surface area (Å²) in [4.78, 5) is 5.05. The number of rotatable bonds is 7. The Labute approximate surface area is 161 Å². The van der Waals surface area contributed by atoms with Crippen molar-refractivity contribution in [1.29, 1.82) is 0 Å². The number of fused-ring (bicyclic) bond motifs is 1. The van der Waals surface area contributed by atoms with Crippen molar-refractivity contribution in [3.8, 4) is 11.5 Å². The zero-order valence-electron chi connectivity index (χ0n) is 15.8. The number of hydrogen-bond acceptors (Lipinski definition) is 5. The summed E-state index contributed by atoms with van der Waals surface area (Å²) in [6, 6.07) is 18.6. The molecule has 1 fully saturated rings. The van der Waals surface area contributed by atoms with Gasteiger partial charge in [0, 0.05) is 38.4 Å². The second kappa shape index (κ2) is 9.11. The van der Waals surface area contributed by atoms with Crippen LogP contribution in [0.3, 0.4) is 0 Å². The first kappa shape index (κ1) is 18.1. The normalized spacial score (nSPS) is 19.9. The van der Waals surface area contributed by atoms with Crippen LogP contribution in [0.5, 0.6) is 11.5 Å². The smallest absolute Gasteiger partial charge is 0.161 e. The van der Waals surface area contributed by atoms with Gasteiger partial charge in [-0.25, -0.2) is 0 Å². The molecule has 2 aliphatic rings. The first-order chi connectivity index (χ1) is 13.4. The molecule has 0 radical (unpaired) electrons. The van der Waals surface area contributed by atoms with Crippen LogP contribution < -0.4 is 19.7 Å². The highest BCUT2D eigenvalue weighted by Crippen LogP contribution is 2.30. The highest BCUT2D eigenvalue weighted by Gasteiger charge is 2.20. The van der Waals surface area contributed by atoms with E-state index in [1.54, 1.807) is 0 Å². The first-order valence-electron chi connectivity index (χ1n) is 10.00. The van der Waals surface area contributed by atoms with Crippen LogP contribution >= 0.6 is 0 Å². The summed E-state index contributed by atoms with van der Waals surface area (Å²) in [5.74, 6) is 1.70. The molecule has 0 aliphatic carbocycles. The lowest BCUT2D eigenvalue weighted by molar-refractivity contribution is 0.0903. The van der Waals surface area contributed by atoms with E-state index in [1.807, 2.05) is 24.3 Å². The summed E-state index contributed by atoms with van der Waals surface area (Å²) in [5, 5.41) is 3.52. The van der Waals surface area contributed by atoms with Crippen LogP contribution in [0.1, 0.15) is 6.42 Å². The maximum Gasteiger partial charge on any atom is 0.161 e. The minimum atomic E-state index is 0.0920. The molecule has 2 aromatic rings. The third kappa shape index (κ3) is 4.93. The predicted octanol–water partition coefficient (Wildman–Crippen LogP) is 2.63. The van der Waals surface area contributed by atoms with Gasteiger partial charge in [0.1, 0.15) is 12.7 Å². The molecule has 5 heteroatoms. The third-order valence-electron chi connectivity index (χ3n) is 5.26. The van der Waals surface area contributed by atoms with E-state index < -0.39 is 0 Å². The Balaban J connectivity index is 1.09. The number of nitrogens with one attached hydrogen (secondary N) is 1. The van der Waals surface area contributed by atoms with Crippen molar-refractivity contribution >= 4 is 5.69 Å². The van der Waals surface area contributed by atoms with E-state index in [1.165, 1.54) is 5.69 Å². The number of anilines is 1. The first-order valence-corrected chi connectivity index (χ1v) is 10.00. The quantitative estimate of drug-likeness (QED) is 0.762. The Hall–Kier alpha value is -2.24. The van der Waals surface area contributed by atoms with E-state index in [9.17, 15) is 0 Å². The molecule has 1 N–H and O–H groups in total. The monoisotopic (exact) mass is 367 g/mol. The van der Waals surface area contributed by atoms with Crippen LogP contribution in [-0.4, -0.2) is 63.4 Å². The molecule has 1 atom stereocenters. The highest BCUT2D eigenvalue weighted by atomic mass is 16.6. The van der Waals surface area contributed by atoms with Gasteiger partial charge < -0.3 is 19.7 Å². The number of hydrogen-bond donors (Lipinski definition) is 1. The Kier molecular flexibility index (Phi) is 6.12. The van der Waals surface area contributed by atoms with Crippen molar-refractivity contribution < 1.29 is 9.47 Å². The molecule has 27 heavy (non-hydrogen) atoms. The fourth-order valence-electron chi connectivity index (χ4n) is 3.72. The molecule has 0 aromatic heterocycles. The zero-order valence-corrected chi connectivity index (χ0v) is 15.8. The molecule has 144 valence electrons. The Bertz CT molecular complexity index is 702. The topological polar surface area (TPSA) is 37.0 Å². The minimum Gasteiger partial charge on any atom is -0.486 e. The van der Waals surface area contributed by atoms with E-state index in [0.29, 0.717) is 6.61 Å². The van der Waals surface area contributed by atoms with Gasteiger partial charge in [0.2, 0.25) is 0 Å². The van der Waals surface area contributed by atoms with Gasteiger partial charge in [-0.2, -0.15) is 0 Å². The predicted molar refractivity (Wildman–Crippen MR) is 109 cm³/mol. The van der Waals surface area contributed by atoms with Gasteiger partial charge in [0.05, 0.1) is 0 Å². The molecule has 5 nitrogen and oxygen atoms in total.